The van der Waals surface area contributed by atoms with Crippen LogP contribution in [0.1, 0.15) is 51.6 Å². The van der Waals surface area contributed by atoms with Crippen LogP contribution in [0.2, 0.25) is 0 Å². The average Bonchev–Trinajstić information content (AvgIpc) is 2.82. The largest absolute Gasteiger partial charge is 0.493 e. The number of carbonyl (C=O) groups excluding carboxylic acids is 1. The fourth-order valence-electron chi connectivity index (χ4n) is 4.49. The molecule has 1 N–H and O–H groups in total. The minimum Gasteiger partial charge on any atom is -0.493 e. The van der Waals surface area contributed by atoms with Crippen molar-refractivity contribution < 1.29 is 27.4 Å². The molecule has 0 radical (unpaired) electrons. The summed E-state index contributed by atoms with van der Waals surface area (Å²) in [6.07, 6.45) is 3.27. The fraction of sp³-hybridized carbons (Fsp3) is 0.480. The second-order valence-corrected chi connectivity index (χ2v) is 10.4. The Morgan fingerprint density at radius 1 is 1.15 bits per heavy atom. The molecule has 2 aromatic carbocycles. The van der Waals surface area contributed by atoms with Gasteiger partial charge in [0, 0.05) is 18.1 Å². The molecule has 0 saturated heterocycles. The van der Waals surface area contributed by atoms with Gasteiger partial charge in [0.05, 0.1) is 32.2 Å². The molecule has 2 unspecified atom stereocenters. The number of amides is 1. The van der Waals surface area contributed by atoms with Gasteiger partial charge in [0.2, 0.25) is 15.9 Å². The van der Waals surface area contributed by atoms with Crippen molar-refractivity contribution in [2.45, 2.75) is 57.7 Å². The Kier molecular flexibility index (Phi) is 7.65. The third-order valence-corrected chi connectivity index (χ3v) is 7.75. The lowest BCUT2D eigenvalue weighted by atomic mass is 9.83. The number of fused-ring (bicyclic) bond motifs is 1. The Morgan fingerprint density at radius 3 is 2.38 bits per heavy atom. The predicted molar refractivity (Wildman–Crippen MR) is 132 cm³/mol. The van der Waals surface area contributed by atoms with E-state index >= 15 is 0 Å². The van der Waals surface area contributed by atoms with Gasteiger partial charge < -0.3 is 19.5 Å². The summed E-state index contributed by atoms with van der Waals surface area (Å²) in [4.78, 5) is 13.4. The fourth-order valence-corrected chi connectivity index (χ4v) is 5.66. The maximum Gasteiger partial charge on any atom is 0.244 e. The van der Waals surface area contributed by atoms with Crippen LogP contribution in [0.25, 0.3) is 0 Å². The maximum absolute atomic E-state index is 13.4. The van der Waals surface area contributed by atoms with Crippen molar-refractivity contribution in [2.75, 3.05) is 24.8 Å². The second kappa shape index (κ2) is 10.1. The lowest BCUT2D eigenvalue weighted by Crippen LogP contribution is -2.51. The van der Waals surface area contributed by atoms with Crippen molar-refractivity contribution in [1.82, 2.24) is 5.32 Å². The normalized spacial score (nSPS) is 17.6. The summed E-state index contributed by atoms with van der Waals surface area (Å²) in [5.74, 6) is 1.18. The Balaban J connectivity index is 1.93. The average molecular weight is 491 g/mol. The van der Waals surface area contributed by atoms with Gasteiger partial charge in [0.1, 0.15) is 17.4 Å². The Morgan fingerprint density at radius 2 is 1.79 bits per heavy atom. The number of methoxy groups -OCH3 is 2. The zero-order valence-electron chi connectivity index (χ0n) is 20.6. The second-order valence-electron chi connectivity index (χ2n) is 8.57. The summed E-state index contributed by atoms with van der Waals surface area (Å²) in [7, 11) is -0.817. The van der Waals surface area contributed by atoms with E-state index in [2.05, 4.69) is 19.2 Å². The zero-order valence-corrected chi connectivity index (χ0v) is 21.4. The number of hydrogen-bond donors (Lipinski definition) is 1. The van der Waals surface area contributed by atoms with Crippen LogP contribution in [-0.2, 0) is 14.8 Å². The molecule has 2 atom stereocenters. The summed E-state index contributed by atoms with van der Waals surface area (Å²) in [5.41, 5.74) is 0.805. The highest BCUT2D eigenvalue weighted by atomic mass is 32.2. The monoisotopic (exact) mass is 490 g/mol. The molecular weight excluding hydrogens is 456 g/mol. The van der Waals surface area contributed by atoms with E-state index in [1.165, 1.54) is 14.2 Å². The number of nitrogens with zero attached hydrogens (tertiary/aromatic N) is 1. The lowest BCUT2D eigenvalue weighted by molar-refractivity contribution is -0.123. The van der Waals surface area contributed by atoms with Gasteiger partial charge in [-0.15, -0.1) is 0 Å². The Labute approximate surface area is 202 Å². The van der Waals surface area contributed by atoms with E-state index in [0.717, 1.165) is 34.7 Å². The molecule has 2 aromatic rings. The quantitative estimate of drug-likeness (QED) is 0.570. The minimum absolute atomic E-state index is 0.299. The summed E-state index contributed by atoms with van der Waals surface area (Å²) in [6, 6.07) is 11.1. The van der Waals surface area contributed by atoms with Gasteiger partial charge >= 0.3 is 0 Å². The third-order valence-electron chi connectivity index (χ3n) is 6.51. The van der Waals surface area contributed by atoms with Crippen LogP contribution in [-0.4, -0.2) is 46.4 Å². The van der Waals surface area contributed by atoms with Crippen LogP contribution in [0.5, 0.6) is 17.2 Å². The summed E-state index contributed by atoms with van der Waals surface area (Å²) in [6.45, 7) is 5.72. The predicted octanol–water partition coefficient (Wildman–Crippen LogP) is 4.06. The van der Waals surface area contributed by atoms with E-state index in [1.807, 2.05) is 24.3 Å². The number of rotatable bonds is 9. The van der Waals surface area contributed by atoms with E-state index in [-0.39, 0.29) is 6.04 Å². The number of benzene rings is 2. The Hall–Kier alpha value is -2.94. The van der Waals surface area contributed by atoms with Gasteiger partial charge in [-0.2, -0.15) is 0 Å². The van der Waals surface area contributed by atoms with Gasteiger partial charge in [-0.25, -0.2) is 8.42 Å². The number of para-hydroxylation sites is 1. The molecule has 1 aliphatic rings. The van der Waals surface area contributed by atoms with Crippen molar-refractivity contribution >= 4 is 21.6 Å². The van der Waals surface area contributed by atoms with E-state index < -0.39 is 27.6 Å². The highest BCUT2D eigenvalue weighted by Crippen LogP contribution is 2.43. The molecule has 9 heteroatoms. The van der Waals surface area contributed by atoms with Crippen molar-refractivity contribution in [3.8, 4) is 17.2 Å². The summed E-state index contributed by atoms with van der Waals surface area (Å²) < 4.78 is 43.6. The van der Waals surface area contributed by atoms with Gasteiger partial charge in [-0.1, -0.05) is 32.0 Å². The molecule has 34 heavy (non-hydrogen) atoms. The Bertz CT molecular complexity index is 1130. The zero-order chi connectivity index (χ0) is 25.1. The van der Waals surface area contributed by atoms with Gasteiger partial charge in [0.25, 0.3) is 0 Å². The molecule has 186 valence electrons. The lowest BCUT2D eigenvalue weighted by Gasteiger charge is -2.42. The molecule has 1 amide bonds. The van der Waals surface area contributed by atoms with Crippen molar-refractivity contribution in [2.24, 2.45) is 0 Å². The first kappa shape index (κ1) is 25.7. The van der Waals surface area contributed by atoms with Crippen LogP contribution in [0.4, 0.5) is 5.69 Å². The highest BCUT2D eigenvalue weighted by Gasteiger charge is 2.40. The van der Waals surface area contributed by atoms with Crippen LogP contribution < -0.4 is 23.8 Å². The smallest absolute Gasteiger partial charge is 0.244 e. The van der Waals surface area contributed by atoms with Crippen molar-refractivity contribution in [3.63, 3.8) is 0 Å². The summed E-state index contributed by atoms with van der Waals surface area (Å²) >= 11 is 0. The van der Waals surface area contributed by atoms with Crippen molar-refractivity contribution in [3.05, 3.63) is 48.0 Å². The molecule has 8 nitrogen and oxygen atoms in total. The van der Waals surface area contributed by atoms with Crippen LogP contribution in [0, 0.1) is 0 Å². The first-order valence-electron chi connectivity index (χ1n) is 11.4. The number of carbonyl (C=O) groups is 1. The first-order chi connectivity index (χ1) is 16.1. The number of hydrogen-bond acceptors (Lipinski definition) is 6. The number of sulfonamides is 1. The van der Waals surface area contributed by atoms with Gasteiger partial charge in [0.15, 0.2) is 11.5 Å². The number of nitrogens with one attached hydrogen (secondary N) is 1. The molecule has 3 rings (SSSR count). The molecular formula is C25H34N2O6S. The topological polar surface area (TPSA) is 94.2 Å². The molecule has 1 heterocycles. The first-order valence-corrected chi connectivity index (χ1v) is 13.2. The number of anilines is 1. The van der Waals surface area contributed by atoms with E-state index in [4.69, 9.17) is 14.2 Å². The van der Waals surface area contributed by atoms with Crippen molar-refractivity contribution in [1.29, 1.82) is 0 Å². The molecule has 0 fully saturated rings. The molecule has 0 aromatic heterocycles. The number of ether oxygens (including phenoxy) is 3. The van der Waals surface area contributed by atoms with E-state index in [9.17, 15) is 13.2 Å². The maximum atomic E-state index is 13.4. The molecule has 0 aliphatic carbocycles. The SMILES string of the molecule is CCC1(CC)CC(NC(=O)C(C)N(c2ccc(OC)c(OC)c2)S(C)(=O)=O)c2ccccc2O1. The third kappa shape index (κ3) is 5.09. The van der Waals surface area contributed by atoms with Crippen LogP contribution >= 0.6 is 0 Å². The minimum atomic E-state index is -3.79. The molecule has 0 spiro atoms. The standard InChI is InChI=1S/C25H34N2O6S/c1-7-25(8-2)16-20(19-11-9-10-12-21(19)33-25)26-24(28)17(3)27(34(6,29)30)18-13-14-22(31-4)23(15-18)32-5/h9-15,17,20H,7-8,16H2,1-6H3,(H,26,28). The van der Waals surface area contributed by atoms with Gasteiger partial charge in [-0.3, -0.25) is 9.10 Å². The molecule has 0 saturated carbocycles. The molecule has 0 bridgehead atoms. The summed E-state index contributed by atoms with van der Waals surface area (Å²) in [5, 5.41) is 3.09. The highest BCUT2D eigenvalue weighted by molar-refractivity contribution is 7.92. The van der Waals surface area contributed by atoms with E-state index in [1.54, 1.807) is 25.1 Å². The van der Waals surface area contributed by atoms with Crippen LogP contribution in [0.15, 0.2) is 42.5 Å². The van der Waals surface area contributed by atoms with Crippen LogP contribution in [0.3, 0.4) is 0 Å². The molecule has 1 aliphatic heterocycles. The van der Waals surface area contributed by atoms with Gasteiger partial charge in [-0.05, 0) is 38.0 Å². The van der Waals surface area contributed by atoms with E-state index in [0.29, 0.717) is 23.6 Å².